The van der Waals surface area contributed by atoms with E-state index in [1.165, 1.54) is 11.9 Å². The topological polar surface area (TPSA) is 124 Å². The molecule has 10 nitrogen and oxygen atoms in total. The lowest BCUT2D eigenvalue weighted by Gasteiger charge is -2.23. The second kappa shape index (κ2) is 7.18. The third-order valence-electron chi connectivity index (χ3n) is 3.67. The van der Waals surface area contributed by atoms with Crippen LogP contribution in [-0.4, -0.2) is 53.9 Å². The van der Waals surface area contributed by atoms with Crippen LogP contribution in [0.4, 0.5) is 11.5 Å². The van der Waals surface area contributed by atoms with Gasteiger partial charge in [0.2, 0.25) is 0 Å². The van der Waals surface area contributed by atoms with Gasteiger partial charge in [-0.05, 0) is 0 Å². The Morgan fingerprint density at radius 3 is 2.73 bits per heavy atom. The monoisotopic (exact) mass is 314 g/mol. The number of nitro groups is 1. The lowest BCUT2D eigenvalue weighted by molar-refractivity contribution is -0.908. The standard InChI is InChI=1S/C12H19N5O5/c1-15-11(18)9(17(20)21)10(14-12(15)19)13-3-2-4-16-5-7-22-8-6-16/h13H,2-8H2,1H3,(H,14,19)/p+1. The molecule has 2 rings (SSSR count). The molecule has 3 N–H and O–H groups in total. The summed E-state index contributed by atoms with van der Waals surface area (Å²) in [5.41, 5.74) is -2.24. The van der Waals surface area contributed by atoms with Crippen LogP contribution in [0.3, 0.4) is 0 Å². The molecule has 122 valence electrons. The highest BCUT2D eigenvalue weighted by molar-refractivity contribution is 5.53. The highest BCUT2D eigenvalue weighted by Crippen LogP contribution is 2.13. The molecule has 1 aromatic heterocycles. The molecule has 10 heteroatoms. The Balaban J connectivity index is 1.98. The van der Waals surface area contributed by atoms with E-state index in [0.717, 1.165) is 39.3 Å². The largest absolute Gasteiger partial charge is 0.374 e. The van der Waals surface area contributed by atoms with Crippen LogP contribution >= 0.6 is 0 Å². The first-order valence-electron chi connectivity index (χ1n) is 7.13. The second-order valence-electron chi connectivity index (χ2n) is 5.17. The van der Waals surface area contributed by atoms with Crippen molar-refractivity contribution in [3.05, 3.63) is 31.0 Å². The van der Waals surface area contributed by atoms with Gasteiger partial charge in [0.15, 0.2) is 5.82 Å². The van der Waals surface area contributed by atoms with Crippen molar-refractivity contribution >= 4 is 11.5 Å². The average Bonchev–Trinajstić information content (AvgIpc) is 2.50. The molecule has 1 saturated heterocycles. The molecular formula is C12H20N5O5+. The maximum Gasteiger partial charge on any atom is 0.374 e. The molecule has 1 aromatic rings. The Labute approximate surface area is 125 Å². The number of aromatic nitrogens is 2. The van der Waals surface area contributed by atoms with Gasteiger partial charge in [0.05, 0.1) is 24.7 Å². The number of rotatable bonds is 6. The first-order chi connectivity index (χ1) is 10.5. The highest BCUT2D eigenvalue weighted by Gasteiger charge is 2.23. The Morgan fingerprint density at radius 2 is 2.09 bits per heavy atom. The third-order valence-corrected chi connectivity index (χ3v) is 3.67. The van der Waals surface area contributed by atoms with E-state index in [2.05, 4.69) is 10.3 Å². The van der Waals surface area contributed by atoms with Crippen LogP contribution in [0.2, 0.25) is 0 Å². The maximum atomic E-state index is 11.8. The smallest absolute Gasteiger partial charge is 0.370 e. The van der Waals surface area contributed by atoms with Crippen LogP contribution in [0.25, 0.3) is 0 Å². The first-order valence-corrected chi connectivity index (χ1v) is 7.13. The summed E-state index contributed by atoms with van der Waals surface area (Å²) in [4.78, 5) is 37.3. The normalized spacial score (nSPS) is 15.7. The van der Waals surface area contributed by atoms with Gasteiger partial charge in [-0.3, -0.25) is 24.5 Å². The molecule has 0 bridgehead atoms. The summed E-state index contributed by atoms with van der Waals surface area (Å²) in [6.07, 6.45) is 0.768. The van der Waals surface area contributed by atoms with Crippen molar-refractivity contribution in [1.29, 1.82) is 0 Å². The summed E-state index contributed by atoms with van der Waals surface area (Å²) in [5.74, 6) is -0.130. The van der Waals surface area contributed by atoms with Gasteiger partial charge in [-0.2, -0.15) is 0 Å². The van der Waals surface area contributed by atoms with Crippen LogP contribution < -0.4 is 21.5 Å². The molecule has 1 fully saturated rings. The van der Waals surface area contributed by atoms with Crippen molar-refractivity contribution in [3.8, 4) is 0 Å². The van der Waals surface area contributed by atoms with E-state index in [0.29, 0.717) is 11.1 Å². The van der Waals surface area contributed by atoms with E-state index < -0.39 is 21.9 Å². The van der Waals surface area contributed by atoms with E-state index >= 15 is 0 Å². The molecule has 0 radical (unpaired) electrons. The van der Waals surface area contributed by atoms with Crippen LogP contribution in [0.15, 0.2) is 9.59 Å². The average molecular weight is 314 g/mol. The molecule has 0 atom stereocenters. The fourth-order valence-electron chi connectivity index (χ4n) is 2.37. The van der Waals surface area contributed by atoms with Gasteiger partial charge in [0.25, 0.3) is 0 Å². The molecule has 0 amide bonds. The van der Waals surface area contributed by atoms with E-state index in [1.54, 1.807) is 0 Å². The number of hydrogen-bond donors (Lipinski definition) is 3. The number of quaternary nitrogens is 1. The molecule has 0 saturated carbocycles. The number of aromatic amines is 1. The number of anilines is 1. The number of nitrogens with one attached hydrogen (secondary N) is 3. The molecule has 0 unspecified atom stereocenters. The minimum atomic E-state index is -0.921. The van der Waals surface area contributed by atoms with Crippen LogP contribution in [0, 0.1) is 10.1 Å². The summed E-state index contributed by atoms with van der Waals surface area (Å²) in [6, 6.07) is 0. The summed E-state index contributed by atoms with van der Waals surface area (Å²) >= 11 is 0. The number of hydrogen-bond acceptors (Lipinski definition) is 6. The zero-order valence-corrected chi connectivity index (χ0v) is 12.4. The van der Waals surface area contributed by atoms with Gasteiger partial charge in [-0.1, -0.05) is 0 Å². The molecule has 0 aromatic carbocycles. The van der Waals surface area contributed by atoms with Gasteiger partial charge < -0.3 is 15.0 Å². The van der Waals surface area contributed by atoms with Crippen molar-refractivity contribution in [1.82, 2.24) is 9.55 Å². The van der Waals surface area contributed by atoms with Crippen LogP contribution in [0.1, 0.15) is 6.42 Å². The lowest BCUT2D eigenvalue weighted by Crippen LogP contribution is -3.14. The van der Waals surface area contributed by atoms with E-state index in [1.807, 2.05) is 0 Å². The van der Waals surface area contributed by atoms with Gasteiger partial charge in [0.1, 0.15) is 13.1 Å². The minimum absolute atomic E-state index is 0.130. The fourth-order valence-corrected chi connectivity index (χ4v) is 2.37. The summed E-state index contributed by atoms with van der Waals surface area (Å²) in [5, 5.41) is 13.8. The van der Waals surface area contributed by atoms with E-state index in [9.17, 15) is 19.7 Å². The van der Waals surface area contributed by atoms with Gasteiger partial charge in [0, 0.05) is 20.0 Å². The van der Waals surface area contributed by atoms with E-state index in [4.69, 9.17) is 4.74 Å². The molecule has 1 aliphatic heterocycles. The van der Waals surface area contributed by atoms with Gasteiger partial charge in [-0.15, -0.1) is 0 Å². The number of ether oxygens (including phenoxy) is 1. The second-order valence-corrected chi connectivity index (χ2v) is 5.17. The quantitative estimate of drug-likeness (QED) is 0.308. The predicted octanol–water partition coefficient (Wildman–Crippen LogP) is -2.30. The first kappa shape index (κ1) is 16.2. The van der Waals surface area contributed by atoms with E-state index in [-0.39, 0.29) is 5.82 Å². The molecule has 0 spiro atoms. The van der Waals surface area contributed by atoms with Crippen molar-refractivity contribution < 1.29 is 14.6 Å². The molecule has 2 heterocycles. The Kier molecular flexibility index (Phi) is 5.28. The number of morpholine rings is 1. The Morgan fingerprint density at radius 1 is 1.41 bits per heavy atom. The summed E-state index contributed by atoms with van der Waals surface area (Å²) < 4.78 is 5.95. The van der Waals surface area contributed by atoms with Crippen molar-refractivity contribution in [2.75, 3.05) is 44.7 Å². The fraction of sp³-hybridized carbons (Fsp3) is 0.667. The van der Waals surface area contributed by atoms with Gasteiger partial charge >= 0.3 is 16.9 Å². The summed E-state index contributed by atoms with van der Waals surface area (Å²) in [7, 11) is 1.19. The lowest BCUT2D eigenvalue weighted by atomic mass is 10.3. The summed E-state index contributed by atoms with van der Waals surface area (Å²) in [6.45, 7) is 4.73. The molecule has 22 heavy (non-hydrogen) atoms. The maximum absolute atomic E-state index is 11.8. The highest BCUT2D eigenvalue weighted by atomic mass is 16.6. The minimum Gasteiger partial charge on any atom is -0.370 e. The third kappa shape index (κ3) is 3.71. The van der Waals surface area contributed by atoms with Crippen molar-refractivity contribution in [2.45, 2.75) is 6.42 Å². The molecular weight excluding hydrogens is 294 g/mol. The van der Waals surface area contributed by atoms with Crippen LogP contribution in [-0.2, 0) is 11.8 Å². The molecule has 0 aliphatic carbocycles. The van der Waals surface area contributed by atoms with Crippen LogP contribution in [0.5, 0.6) is 0 Å². The zero-order valence-electron chi connectivity index (χ0n) is 12.4. The van der Waals surface area contributed by atoms with Crippen molar-refractivity contribution in [3.63, 3.8) is 0 Å². The zero-order chi connectivity index (χ0) is 16.1. The Bertz CT molecular complexity index is 646. The number of nitrogens with zero attached hydrogens (tertiary/aromatic N) is 2. The van der Waals surface area contributed by atoms with Crippen molar-refractivity contribution in [2.24, 2.45) is 7.05 Å². The number of H-pyrrole nitrogens is 1. The van der Waals surface area contributed by atoms with Gasteiger partial charge in [-0.25, -0.2) is 4.79 Å². The Hall–Kier alpha value is -2.20. The SMILES string of the molecule is Cn1c(=O)[nH]c(NCCC[NH+]2CCOCC2)c([N+](=O)[O-])c1=O. The predicted molar refractivity (Wildman–Crippen MR) is 78.4 cm³/mol. The molecule has 1 aliphatic rings.